The van der Waals surface area contributed by atoms with Gasteiger partial charge in [-0.2, -0.15) is 13.2 Å². The van der Waals surface area contributed by atoms with E-state index in [1.807, 2.05) is 54.9 Å². The number of amides is 2. The molecule has 2 atom stereocenters. The highest BCUT2D eigenvalue weighted by atomic mass is 35.5. The Labute approximate surface area is 196 Å². The highest BCUT2D eigenvalue weighted by Crippen LogP contribution is 2.32. The molecule has 9 heteroatoms. The quantitative estimate of drug-likeness (QED) is 0.382. The van der Waals surface area contributed by atoms with Gasteiger partial charge in [0.2, 0.25) is 0 Å². The lowest BCUT2D eigenvalue weighted by Crippen LogP contribution is -2.45. The van der Waals surface area contributed by atoms with E-state index in [-0.39, 0.29) is 18.5 Å². The van der Waals surface area contributed by atoms with Crippen LogP contribution in [0.25, 0.3) is 16.8 Å². The molecule has 0 aliphatic rings. The number of carbonyl (C=O) groups excluding carboxylic acids is 1. The molecular weight excluding hydrogens is 453 g/mol. The molecule has 1 unspecified atom stereocenters. The SMILES string of the molecule is CCC(CCC(F)(F)F)NC(=O)N(CC)[C@H](C)c1cccc(-c2cn3ccnc3cc2Cl)c1. The fraction of sp³-hybridized carbons (Fsp3) is 0.417. The lowest BCUT2D eigenvalue weighted by molar-refractivity contribution is -0.136. The molecule has 0 saturated carbocycles. The fourth-order valence-corrected chi connectivity index (χ4v) is 4.12. The van der Waals surface area contributed by atoms with Crippen molar-refractivity contribution in [3.8, 4) is 11.1 Å². The molecule has 0 fully saturated rings. The number of imidazole rings is 1. The zero-order chi connectivity index (χ0) is 24.2. The molecule has 5 nitrogen and oxygen atoms in total. The third-order valence-corrected chi connectivity index (χ3v) is 6.14. The molecule has 0 aliphatic heterocycles. The molecular formula is C24H28ClF3N4O. The Morgan fingerprint density at radius 2 is 2.03 bits per heavy atom. The number of hydrogen-bond acceptors (Lipinski definition) is 2. The third-order valence-electron chi connectivity index (χ3n) is 5.83. The molecule has 2 heterocycles. The predicted octanol–water partition coefficient (Wildman–Crippen LogP) is 6.87. The zero-order valence-corrected chi connectivity index (χ0v) is 19.6. The van der Waals surface area contributed by atoms with E-state index in [0.29, 0.717) is 18.0 Å². The van der Waals surface area contributed by atoms with Crippen molar-refractivity contribution in [2.45, 2.75) is 58.3 Å². The van der Waals surface area contributed by atoms with E-state index in [4.69, 9.17) is 11.6 Å². The van der Waals surface area contributed by atoms with Crippen LogP contribution in [0.4, 0.5) is 18.0 Å². The number of fused-ring (bicyclic) bond motifs is 1. The molecule has 0 radical (unpaired) electrons. The van der Waals surface area contributed by atoms with Crippen LogP contribution in [0, 0.1) is 0 Å². The van der Waals surface area contributed by atoms with Gasteiger partial charge in [0.15, 0.2) is 0 Å². The van der Waals surface area contributed by atoms with Crippen LogP contribution in [0.1, 0.15) is 51.6 Å². The van der Waals surface area contributed by atoms with E-state index < -0.39 is 18.6 Å². The van der Waals surface area contributed by atoms with Crippen LogP contribution >= 0.6 is 11.6 Å². The minimum atomic E-state index is -4.24. The minimum Gasteiger partial charge on any atom is -0.335 e. The van der Waals surface area contributed by atoms with E-state index in [2.05, 4.69) is 10.3 Å². The van der Waals surface area contributed by atoms with Gasteiger partial charge in [0, 0.05) is 49.2 Å². The van der Waals surface area contributed by atoms with Crippen LogP contribution in [0.5, 0.6) is 0 Å². The number of carbonyl (C=O) groups is 1. The number of halogens is 4. The monoisotopic (exact) mass is 480 g/mol. The topological polar surface area (TPSA) is 49.6 Å². The summed E-state index contributed by atoms with van der Waals surface area (Å²) in [6, 6.07) is 8.35. The van der Waals surface area contributed by atoms with Crippen LogP contribution < -0.4 is 5.32 Å². The normalized spacial score (nSPS) is 13.7. The molecule has 3 aromatic rings. The van der Waals surface area contributed by atoms with Crippen LogP contribution in [-0.4, -0.2) is 39.1 Å². The van der Waals surface area contributed by atoms with Gasteiger partial charge in [0.05, 0.1) is 11.1 Å². The molecule has 2 aromatic heterocycles. The number of alkyl halides is 3. The lowest BCUT2D eigenvalue weighted by Gasteiger charge is -2.31. The van der Waals surface area contributed by atoms with E-state index in [1.165, 1.54) is 0 Å². The molecule has 3 rings (SSSR count). The first-order valence-electron chi connectivity index (χ1n) is 11.0. The highest BCUT2D eigenvalue weighted by Gasteiger charge is 2.29. The van der Waals surface area contributed by atoms with Gasteiger partial charge in [0.25, 0.3) is 0 Å². The summed E-state index contributed by atoms with van der Waals surface area (Å²) in [6.45, 7) is 5.93. The average Bonchev–Trinajstić information content (AvgIpc) is 3.23. The van der Waals surface area contributed by atoms with Crippen LogP contribution in [0.15, 0.2) is 48.9 Å². The van der Waals surface area contributed by atoms with Gasteiger partial charge in [-0.3, -0.25) is 0 Å². The average molecular weight is 481 g/mol. The van der Waals surface area contributed by atoms with Crippen molar-refractivity contribution < 1.29 is 18.0 Å². The Kier molecular flexibility index (Phi) is 7.89. The summed E-state index contributed by atoms with van der Waals surface area (Å²) in [5.74, 6) is 0. The maximum atomic E-state index is 12.9. The molecule has 178 valence electrons. The van der Waals surface area contributed by atoms with Crippen molar-refractivity contribution in [2.75, 3.05) is 6.54 Å². The number of urea groups is 1. The summed E-state index contributed by atoms with van der Waals surface area (Å²) in [6.07, 6.45) is 0.582. The summed E-state index contributed by atoms with van der Waals surface area (Å²) in [5.41, 5.74) is 3.38. The molecule has 0 spiro atoms. The third kappa shape index (κ3) is 6.19. The van der Waals surface area contributed by atoms with Crippen molar-refractivity contribution in [1.29, 1.82) is 0 Å². The number of hydrogen-bond donors (Lipinski definition) is 1. The van der Waals surface area contributed by atoms with Gasteiger partial charge in [-0.1, -0.05) is 36.7 Å². The van der Waals surface area contributed by atoms with E-state index in [0.717, 1.165) is 22.3 Å². The number of pyridine rings is 1. The molecule has 0 bridgehead atoms. The van der Waals surface area contributed by atoms with E-state index in [9.17, 15) is 18.0 Å². The molecule has 33 heavy (non-hydrogen) atoms. The van der Waals surface area contributed by atoms with Crippen LogP contribution in [0.2, 0.25) is 5.02 Å². The second-order valence-corrected chi connectivity index (χ2v) is 8.43. The molecule has 1 aromatic carbocycles. The van der Waals surface area contributed by atoms with Gasteiger partial charge >= 0.3 is 12.2 Å². The Morgan fingerprint density at radius 3 is 2.70 bits per heavy atom. The summed E-state index contributed by atoms with van der Waals surface area (Å²) in [7, 11) is 0. The number of benzene rings is 1. The van der Waals surface area contributed by atoms with E-state index in [1.54, 1.807) is 24.1 Å². The largest absolute Gasteiger partial charge is 0.389 e. The van der Waals surface area contributed by atoms with Gasteiger partial charge in [-0.15, -0.1) is 0 Å². The van der Waals surface area contributed by atoms with Gasteiger partial charge < -0.3 is 14.6 Å². The van der Waals surface area contributed by atoms with Crippen molar-refractivity contribution in [2.24, 2.45) is 0 Å². The zero-order valence-electron chi connectivity index (χ0n) is 18.9. The number of aromatic nitrogens is 2. The first-order chi connectivity index (χ1) is 15.6. The maximum Gasteiger partial charge on any atom is 0.389 e. The number of rotatable bonds is 8. The van der Waals surface area contributed by atoms with Crippen LogP contribution in [0.3, 0.4) is 0 Å². The lowest BCUT2D eigenvalue weighted by atomic mass is 10.00. The number of nitrogens with zero attached hydrogens (tertiary/aromatic N) is 3. The van der Waals surface area contributed by atoms with E-state index >= 15 is 0 Å². The van der Waals surface area contributed by atoms with Crippen molar-refractivity contribution in [3.63, 3.8) is 0 Å². The standard InChI is InChI=1S/C24H28ClF3N4O/c1-4-19(9-10-24(26,27)28)30-23(33)32(5-2)16(3)17-7-6-8-18(13-17)20-15-31-12-11-29-22(31)14-21(20)25/h6-8,11-16,19H,4-5,9-10H2,1-3H3,(H,30,33)/t16-,19?/m1/s1. The summed E-state index contributed by atoms with van der Waals surface area (Å²) in [4.78, 5) is 18.8. The first-order valence-corrected chi connectivity index (χ1v) is 11.4. The van der Waals surface area contributed by atoms with Crippen LogP contribution in [-0.2, 0) is 0 Å². The smallest absolute Gasteiger partial charge is 0.335 e. The van der Waals surface area contributed by atoms with Gasteiger partial charge in [-0.05, 0) is 43.9 Å². The summed E-state index contributed by atoms with van der Waals surface area (Å²) >= 11 is 6.49. The molecule has 0 saturated heterocycles. The molecule has 1 N–H and O–H groups in total. The predicted molar refractivity (Wildman–Crippen MR) is 124 cm³/mol. The first kappa shape index (κ1) is 24.9. The summed E-state index contributed by atoms with van der Waals surface area (Å²) in [5, 5.41) is 3.34. The molecule has 0 aliphatic carbocycles. The second kappa shape index (κ2) is 10.5. The second-order valence-electron chi connectivity index (χ2n) is 8.02. The molecule has 2 amide bonds. The minimum absolute atomic E-state index is 0.137. The van der Waals surface area contributed by atoms with Gasteiger partial charge in [0.1, 0.15) is 5.65 Å². The summed E-state index contributed by atoms with van der Waals surface area (Å²) < 4.78 is 39.7. The maximum absolute atomic E-state index is 12.9. The Hall–Kier alpha value is -2.74. The Balaban J connectivity index is 1.79. The van der Waals surface area contributed by atoms with Crippen molar-refractivity contribution in [3.05, 3.63) is 59.5 Å². The number of nitrogens with one attached hydrogen (secondary N) is 1. The van der Waals surface area contributed by atoms with Gasteiger partial charge in [-0.25, -0.2) is 9.78 Å². The van der Waals surface area contributed by atoms with Crippen molar-refractivity contribution >= 4 is 23.3 Å². The Bertz CT molecular complexity index is 1100. The fourth-order valence-electron chi connectivity index (χ4n) is 3.86. The highest BCUT2D eigenvalue weighted by molar-refractivity contribution is 6.33. The Morgan fingerprint density at radius 1 is 1.27 bits per heavy atom. The van der Waals surface area contributed by atoms with Crippen molar-refractivity contribution in [1.82, 2.24) is 19.6 Å².